The third-order valence-corrected chi connectivity index (χ3v) is 1.33. The Morgan fingerprint density at radius 1 is 1.50 bits per heavy atom. The van der Waals surface area contributed by atoms with Crippen molar-refractivity contribution in [2.24, 2.45) is 0 Å². The SMILES string of the molecule is C[C](C)c1cccnc1O. The van der Waals surface area contributed by atoms with Crippen molar-refractivity contribution in [2.75, 3.05) is 0 Å². The van der Waals surface area contributed by atoms with Crippen molar-refractivity contribution in [3.05, 3.63) is 29.8 Å². The summed E-state index contributed by atoms with van der Waals surface area (Å²) in [4.78, 5) is 3.74. The molecule has 0 aliphatic rings. The molecule has 0 unspecified atom stereocenters. The van der Waals surface area contributed by atoms with Crippen LogP contribution >= 0.6 is 0 Å². The Morgan fingerprint density at radius 3 is 2.60 bits per heavy atom. The predicted octanol–water partition coefficient (Wildman–Crippen LogP) is 1.75. The lowest BCUT2D eigenvalue weighted by Gasteiger charge is -2.03. The molecule has 1 aromatic rings. The second-order valence-corrected chi connectivity index (χ2v) is 2.37. The summed E-state index contributed by atoms with van der Waals surface area (Å²) in [5.74, 6) is 1.19. The van der Waals surface area contributed by atoms with E-state index in [0.29, 0.717) is 0 Å². The summed E-state index contributed by atoms with van der Waals surface area (Å²) in [5, 5.41) is 9.15. The molecule has 2 nitrogen and oxygen atoms in total. The van der Waals surface area contributed by atoms with Crippen LogP contribution in [0.15, 0.2) is 18.3 Å². The molecule has 1 rings (SSSR count). The van der Waals surface area contributed by atoms with Crippen LogP contribution in [0.1, 0.15) is 19.4 Å². The van der Waals surface area contributed by atoms with E-state index in [2.05, 4.69) is 4.98 Å². The minimum absolute atomic E-state index is 0.113. The average Bonchev–Trinajstić information content (AvgIpc) is 1.88. The molecule has 0 fully saturated rings. The average molecular weight is 136 g/mol. The molecule has 0 spiro atoms. The molecule has 0 saturated carbocycles. The highest BCUT2D eigenvalue weighted by Gasteiger charge is 2.04. The van der Waals surface area contributed by atoms with Crippen LogP contribution in [0.5, 0.6) is 5.88 Å². The molecule has 10 heavy (non-hydrogen) atoms. The minimum atomic E-state index is 0.113. The second kappa shape index (κ2) is 2.69. The number of aromatic nitrogens is 1. The van der Waals surface area contributed by atoms with Gasteiger partial charge in [-0.2, -0.15) is 0 Å². The number of rotatable bonds is 1. The van der Waals surface area contributed by atoms with Crippen molar-refractivity contribution < 1.29 is 5.11 Å². The van der Waals surface area contributed by atoms with Gasteiger partial charge in [-0.25, -0.2) is 4.98 Å². The van der Waals surface area contributed by atoms with E-state index in [1.807, 2.05) is 26.0 Å². The van der Waals surface area contributed by atoms with Gasteiger partial charge in [0.25, 0.3) is 0 Å². The molecular formula is C8H10NO. The van der Waals surface area contributed by atoms with Gasteiger partial charge in [0.1, 0.15) is 0 Å². The van der Waals surface area contributed by atoms with E-state index < -0.39 is 0 Å². The third kappa shape index (κ3) is 1.26. The van der Waals surface area contributed by atoms with Gasteiger partial charge in [0.2, 0.25) is 5.88 Å². The fraction of sp³-hybridized carbons (Fsp3) is 0.250. The highest BCUT2D eigenvalue weighted by molar-refractivity contribution is 5.35. The maximum Gasteiger partial charge on any atom is 0.214 e. The topological polar surface area (TPSA) is 33.1 Å². The van der Waals surface area contributed by atoms with Crippen molar-refractivity contribution >= 4 is 0 Å². The lowest BCUT2D eigenvalue weighted by atomic mass is 10.1. The van der Waals surface area contributed by atoms with Gasteiger partial charge < -0.3 is 5.11 Å². The molecule has 53 valence electrons. The Balaban J connectivity index is 3.03. The molecule has 1 aromatic heterocycles. The van der Waals surface area contributed by atoms with Gasteiger partial charge in [0.15, 0.2) is 0 Å². The predicted molar refractivity (Wildman–Crippen MR) is 39.6 cm³/mol. The van der Waals surface area contributed by atoms with Gasteiger partial charge in [-0.05, 0) is 6.07 Å². The van der Waals surface area contributed by atoms with E-state index in [1.165, 1.54) is 0 Å². The summed E-state index contributed by atoms with van der Waals surface area (Å²) in [7, 11) is 0. The van der Waals surface area contributed by atoms with Crippen molar-refractivity contribution in [1.29, 1.82) is 0 Å². The molecule has 0 aromatic carbocycles. The minimum Gasteiger partial charge on any atom is -0.493 e. The van der Waals surface area contributed by atoms with Gasteiger partial charge in [-0.3, -0.25) is 0 Å². The molecule has 1 radical (unpaired) electrons. The second-order valence-electron chi connectivity index (χ2n) is 2.37. The molecule has 0 aliphatic carbocycles. The first-order valence-electron chi connectivity index (χ1n) is 3.16. The van der Waals surface area contributed by atoms with Crippen molar-refractivity contribution in [2.45, 2.75) is 13.8 Å². The summed E-state index contributed by atoms with van der Waals surface area (Å²) in [6.07, 6.45) is 1.57. The number of nitrogens with zero attached hydrogens (tertiary/aromatic N) is 1. The summed E-state index contributed by atoms with van der Waals surface area (Å²) in [6.45, 7) is 3.88. The lowest BCUT2D eigenvalue weighted by molar-refractivity contribution is 0.448. The number of pyridine rings is 1. The van der Waals surface area contributed by atoms with E-state index in [0.717, 1.165) is 11.5 Å². The number of aromatic hydroxyl groups is 1. The molecule has 2 heteroatoms. The van der Waals surface area contributed by atoms with Crippen LogP contribution in [-0.4, -0.2) is 10.1 Å². The highest BCUT2D eigenvalue weighted by Crippen LogP contribution is 2.20. The lowest BCUT2D eigenvalue weighted by Crippen LogP contribution is -1.89. The van der Waals surface area contributed by atoms with Gasteiger partial charge in [0, 0.05) is 17.7 Å². The monoisotopic (exact) mass is 136 g/mol. The van der Waals surface area contributed by atoms with Crippen molar-refractivity contribution in [3.63, 3.8) is 0 Å². The molecule has 0 aliphatic heterocycles. The molecule has 1 N–H and O–H groups in total. The van der Waals surface area contributed by atoms with Crippen LogP contribution in [-0.2, 0) is 0 Å². The zero-order chi connectivity index (χ0) is 7.56. The summed E-state index contributed by atoms with van der Waals surface area (Å²) >= 11 is 0. The smallest absolute Gasteiger partial charge is 0.214 e. The molecule has 0 bridgehead atoms. The zero-order valence-corrected chi connectivity index (χ0v) is 6.13. The first-order valence-corrected chi connectivity index (χ1v) is 3.16. The quantitative estimate of drug-likeness (QED) is 0.638. The first-order chi connectivity index (χ1) is 4.72. The maximum atomic E-state index is 9.15. The van der Waals surface area contributed by atoms with Crippen molar-refractivity contribution in [3.8, 4) is 5.88 Å². The van der Waals surface area contributed by atoms with Crippen LogP contribution in [0, 0.1) is 5.92 Å². The zero-order valence-electron chi connectivity index (χ0n) is 6.13. The highest BCUT2D eigenvalue weighted by atomic mass is 16.3. The number of hydrogen-bond acceptors (Lipinski definition) is 2. The van der Waals surface area contributed by atoms with Crippen LogP contribution in [0.25, 0.3) is 0 Å². The van der Waals surface area contributed by atoms with Crippen molar-refractivity contribution in [1.82, 2.24) is 4.98 Å². The Labute approximate surface area is 60.5 Å². The fourth-order valence-electron chi connectivity index (χ4n) is 0.787. The molecule has 0 amide bonds. The van der Waals surface area contributed by atoms with E-state index in [9.17, 15) is 0 Å². The van der Waals surface area contributed by atoms with Gasteiger partial charge >= 0.3 is 0 Å². The normalized spacial score (nSPS) is 10.3. The largest absolute Gasteiger partial charge is 0.493 e. The van der Waals surface area contributed by atoms with E-state index >= 15 is 0 Å². The van der Waals surface area contributed by atoms with Crippen LogP contribution in [0.2, 0.25) is 0 Å². The van der Waals surface area contributed by atoms with Crippen LogP contribution in [0.3, 0.4) is 0 Å². The van der Waals surface area contributed by atoms with Gasteiger partial charge in [0.05, 0.1) is 0 Å². The molecule has 0 atom stereocenters. The van der Waals surface area contributed by atoms with Gasteiger partial charge in [-0.15, -0.1) is 0 Å². The first kappa shape index (κ1) is 7.06. The summed E-state index contributed by atoms with van der Waals surface area (Å²) < 4.78 is 0. The van der Waals surface area contributed by atoms with Crippen LogP contribution < -0.4 is 0 Å². The summed E-state index contributed by atoms with van der Waals surface area (Å²) in [6, 6.07) is 3.65. The van der Waals surface area contributed by atoms with E-state index in [4.69, 9.17) is 5.11 Å². The van der Waals surface area contributed by atoms with Gasteiger partial charge in [-0.1, -0.05) is 19.9 Å². The van der Waals surface area contributed by atoms with Crippen LogP contribution in [0.4, 0.5) is 0 Å². The molecular weight excluding hydrogens is 126 g/mol. The Morgan fingerprint density at radius 2 is 2.20 bits per heavy atom. The Hall–Kier alpha value is -1.05. The Bertz CT molecular complexity index is 220. The number of hydrogen-bond donors (Lipinski definition) is 1. The molecule has 1 heterocycles. The van der Waals surface area contributed by atoms with E-state index in [1.54, 1.807) is 6.20 Å². The molecule has 0 saturated heterocycles. The Kier molecular flexibility index (Phi) is 1.90. The fourth-order valence-corrected chi connectivity index (χ4v) is 0.787. The standard InChI is InChI=1S/C8H10NO/c1-6(2)7-4-3-5-9-8(7)10/h3-5H,1-2H3,(H,9,10). The maximum absolute atomic E-state index is 9.15. The summed E-state index contributed by atoms with van der Waals surface area (Å²) in [5.41, 5.74) is 0.822. The third-order valence-electron chi connectivity index (χ3n) is 1.33. The van der Waals surface area contributed by atoms with E-state index in [-0.39, 0.29) is 5.88 Å².